The van der Waals surface area contributed by atoms with E-state index in [2.05, 4.69) is 25.2 Å². The summed E-state index contributed by atoms with van der Waals surface area (Å²) in [5.74, 6) is 1.32. The first-order chi connectivity index (χ1) is 12.3. The van der Waals surface area contributed by atoms with Gasteiger partial charge in [-0.25, -0.2) is 9.97 Å². The number of hydrogen-bond acceptors (Lipinski definition) is 6. The molecule has 2 aromatic rings. The number of aromatic nitrogens is 3. The Hall–Kier alpha value is -2.54. The van der Waals surface area contributed by atoms with Crippen LogP contribution >= 0.6 is 0 Å². The molecule has 4 heterocycles. The van der Waals surface area contributed by atoms with E-state index < -0.39 is 0 Å². The molecular formula is C18H21N5O2. The topological polar surface area (TPSA) is 80.2 Å². The third-order valence-corrected chi connectivity index (χ3v) is 4.92. The number of anilines is 1. The maximum atomic E-state index is 12.4. The molecule has 0 aromatic carbocycles. The van der Waals surface area contributed by atoms with Crippen molar-refractivity contribution in [1.29, 1.82) is 0 Å². The van der Waals surface area contributed by atoms with E-state index in [9.17, 15) is 4.79 Å². The number of hydrogen-bond donors (Lipinski definition) is 1. The zero-order valence-electron chi connectivity index (χ0n) is 13.9. The number of carbonyl (C=O) groups excluding carboxylic acids is 1. The Bertz CT molecular complexity index is 712. The molecule has 1 amide bonds. The molecule has 2 aliphatic heterocycles. The summed E-state index contributed by atoms with van der Waals surface area (Å²) in [7, 11) is 0. The molecule has 0 unspecified atom stereocenters. The molecule has 25 heavy (non-hydrogen) atoms. The second-order valence-electron chi connectivity index (χ2n) is 6.54. The molecule has 2 saturated heterocycles. The van der Waals surface area contributed by atoms with Crippen LogP contribution in [-0.2, 0) is 16.1 Å². The molecule has 0 aliphatic carbocycles. The van der Waals surface area contributed by atoms with Gasteiger partial charge in [0, 0.05) is 38.2 Å². The van der Waals surface area contributed by atoms with Crippen molar-refractivity contribution in [1.82, 2.24) is 20.3 Å². The van der Waals surface area contributed by atoms with E-state index in [1.165, 1.54) is 0 Å². The maximum Gasteiger partial charge on any atom is 0.249 e. The Morgan fingerprint density at radius 3 is 3.08 bits per heavy atom. The Balaban J connectivity index is 1.32. The molecule has 1 N–H and O–H groups in total. The van der Waals surface area contributed by atoms with E-state index >= 15 is 0 Å². The fourth-order valence-corrected chi connectivity index (χ4v) is 3.58. The number of fused-ring (bicyclic) bond motifs is 1. The van der Waals surface area contributed by atoms with Crippen LogP contribution in [0.15, 0.2) is 43.1 Å². The van der Waals surface area contributed by atoms with Crippen molar-refractivity contribution in [2.24, 2.45) is 5.92 Å². The molecular weight excluding hydrogens is 318 g/mol. The standard InChI is InChI=1S/C18H21N5O2/c24-18(21-10-13-2-1-5-19-9-13)15-8-14-4-7-23(11-16(14)25-15)17-3-6-20-12-22-17/h1-3,5-6,9,12,14-16H,4,7-8,10-11H2,(H,21,24)/t14-,15+,16+/m0/s1. The number of rotatable bonds is 4. The lowest BCUT2D eigenvalue weighted by molar-refractivity contribution is -0.132. The summed E-state index contributed by atoms with van der Waals surface area (Å²) in [6, 6.07) is 5.72. The number of carbonyl (C=O) groups is 1. The van der Waals surface area contributed by atoms with Gasteiger partial charge >= 0.3 is 0 Å². The second-order valence-corrected chi connectivity index (χ2v) is 6.54. The number of amides is 1. The predicted octanol–water partition coefficient (Wildman–Crippen LogP) is 1.17. The number of pyridine rings is 1. The third kappa shape index (κ3) is 3.61. The fraction of sp³-hybridized carbons (Fsp3) is 0.444. The summed E-state index contributed by atoms with van der Waals surface area (Å²) < 4.78 is 6.05. The molecule has 0 saturated carbocycles. The lowest BCUT2D eigenvalue weighted by Gasteiger charge is -2.34. The van der Waals surface area contributed by atoms with E-state index in [1.54, 1.807) is 24.9 Å². The number of ether oxygens (including phenoxy) is 1. The van der Waals surface area contributed by atoms with Crippen molar-refractivity contribution < 1.29 is 9.53 Å². The van der Waals surface area contributed by atoms with E-state index in [-0.39, 0.29) is 18.1 Å². The largest absolute Gasteiger partial charge is 0.363 e. The Morgan fingerprint density at radius 1 is 1.32 bits per heavy atom. The average Bonchev–Trinajstić information content (AvgIpc) is 3.11. The van der Waals surface area contributed by atoms with Gasteiger partial charge in [-0.05, 0) is 36.5 Å². The van der Waals surface area contributed by atoms with E-state index in [1.807, 2.05) is 18.2 Å². The minimum atomic E-state index is -0.364. The van der Waals surface area contributed by atoms with Crippen molar-refractivity contribution in [3.8, 4) is 0 Å². The van der Waals surface area contributed by atoms with Crippen LogP contribution in [0.1, 0.15) is 18.4 Å². The molecule has 0 spiro atoms. The van der Waals surface area contributed by atoms with Crippen LogP contribution < -0.4 is 10.2 Å². The zero-order valence-corrected chi connectivity index (χ0v) is 13.9. The first kappa shape index (κ1) is 16.0. The van der Waals surface area contributed by atoms with Gasteiger partial charge in [-0.3, -0.25) is 9.78 Å². The van der Waals surface area contributed by atoms with Gasteiger partial charge in [-0.15, -0.1) is 0 Å². The van der Waals surface area contributed by atoms with Crippen LogP contribution in [0, 0.1) is 5.92 Å². The molecule has 7 heteroatoms. The molecule has 0 bridgehead atoms. The lowest BCUT2D eigenvalue weighted by Crippen LogP contribution is -2.43. The lowest BCUT2D eigenvalue weighted by atomic mass is 9.91. The Labute approximate surface area is 146 Å². The average molecular weight is 339 g/mol. The molecule has 2 aromatic heterocycles. The first-order valence-corrected chi connectivity index (χ1v) is 8.62. The minimum absolute atomic E-state index is 0.0353. The van der Waals surface area contributed by atoms with Gasteiger partial charge in [0.05, 0.1) is 6.10 Å². The summed E-state index contributed by atoms with van der Waals surface area (Å²) in [4.78, 5) is 27.0. The summed E-state index contributed by atoms with van der Waals surface area (Å²) >= 11 is 0. The van der Waals surface area contributed by atoms with Crippen molar-refractivity contribution >= 4 is 11.7 Å². The van der Waals surface area contributed by atoms with Crippen LogP contribution in [-0.4, -0.2) is 46.2 Å². The smallest absolute Gasteiger partial charge is 0.249 e. The highest BCUT2D eigenvalue weighted by Crippen LogP contribution is 2.34. The van der Waals surface area contributed by atoms with Gasteiger partial charge in [0.25, 0.3) is 0 Å². The second kappa shape index (κ2) is 7.14. The van der Waals surface area contributed by atoms with Gasteiger partial charge in [-0.2, -0.15) is 0 Å². The molecule has 3 atom stereocenters. The first-order valence-electron chi connectivity index (χ1n) is 8.62. The summed E-state index contributed by atoms with van der Waals surface area (Å²) in [6.07, 6.45) is 8.32. The normalized spacial score (nSPS) is 25.4. The van der Waals surface area contributed by atoms with Gasteiger partial charge in [0.1, 0.15) is 18.2 Å². The predicted molar refractivity (Wildman–Crippen MR) is 91.7 cm³/mol. The van der Waals surface area contributed by atoms with E-state index in [4.69, 9.17) is 4.74 Å². The van der Waals surface area contributed by atoms with E-state index in [0.717, 1.165) is 37.3 Å². The zero-order chi connectivity index (χ0) is 17.1. The SMILES string of the molecule is O=C(NCc1cccnc1)[C@H]1C[C@@H]2CCN(c3ccncn3)C[C@H]2O1. The van der Waals surface area contributed by atoms with Crippen molar-refractivity contribution in [3.05, 3.63) is 48.7 Å². The fourth-order valence-electron chi connectivity index (χ4n) is 3.58. The van der Waals surface area contributed by atoms with Crippen LogP contribution in [0.25, 0.3) is 0 Å². The monoisotopic (exact) mass is 339 g/mol. The molecule has 4 rings (SSSR count). The van der Waals surface area contributed by atoms with Crippen LogP contribution in [0.5, 0.6) is 0 Å². The van der Waals surface area contributed by atoms with Gasteiger partial charge in [-0.1, -0.05) is 6.07 Å². The Kier molecular flexibility index (Phi) is 4.56. The van der Waals surface area contributed by atoms with Gasteiger partial charge < -0.3 is 15.0 Å². The van der Waals surface area contributed by atoms with Gasteiger partial charge in [0.15, 0.2) is 0 Å². The number of piperidine rings is 1. The molecule has 130 valence electrons. The van der Waals surface area contributed by atoms with Crippen molar-refractivity contribution in [3.63, 3.8) is 0 Å². The highest BCUT2D eigenvalue weighted by atomic mass is 16.5. The van der Waals surface area contributed by atoms with Crippen LogP contribution in [0.2, 0.25) is 0 Å². The highest BCUT2D eigenvalue weighted by Gasteiger charge is 2.42. The third-order valence-electron chi connectivity index (χ3n) is 4.92. The minimum Gasteiger partial charge on any atom is -0.363 e. The van der Waals surface area contributed by atoms with E-state index in [0.29, 0.717) is 12.5 Å². The summed E-state index contributed by atoms with van der Waals surface area (Å²) in [5, 5.41) is 2.96. The molecule has 2 aliphatic rings. The molecule has 7 nitrogen and oxygen atoms in total. The molecule has 2 fully saturated rings. The van der Waals surface area contributed by atoms with Crippen molar-refractivity contribution in [2.45, 2.75) is 31.6 Å². The number of nitrogens with zero attached hydrogens (tertiary/aromatic N) is 4. The highest BCUT2D eigenvalue weighted by molar-refractivity contribution is 5.81. The summed E-state index contributed by atoms with van der Waals surface area (Å²) in [6.45, 7) is 2.19. The number of nitrogens with one attached hydrogen (secondary N) is 1. The van der Waals surface area contributed by atoms with Gasteiger partial charge in [0.2, 0.25) is 5.91 Å². The van der Waals surface area contributed by atoms with Crippen molar-refractivity contribution in [2.75, 3.05) is 18.0 Å². The Morgan fingerprint density at radius 2 is 2.28 bits per heavy atom. The van der Waals surface area contributed by atoms with Crippen LogP contribution in [0.3, 0.4) is 0 Å². The quantitative estimate of drug-likeness (QED) is 0.901. The van der Waals surface area contributed by atoms with Crippen LogP contribution in [0.4, 0.5) is 5.82 Å². The molecule has 0 radical (unpaired) electrons. The maximum absolute atomic E-state index is 12.4. The summed E-state index contributed by atoms with van der Waals surface area (Å²) in [5.41, 5.74) is 0.987.